The highest BCUT2D eigenvalue weighted by atomic mass is 32.1. The molecule has 1 aromatic heterocycles. The minimum Gasteiger partial charge on any atom is -0.366 e. The molecule has 0 unspecified atom stereocenters. The van der Waals surface area contributed by atoms with Gasteiger partial charge in [-0.15, -0.1) is 11.3 Å². The molecule has 0 aliphatic carbocycles. The molecule has 2 amide bonds. The summed E-state index contributed by atoms with van der Waals surface area (Å²) in [5.74, 6) is -0.420. The number of benzene rings is 1. The number of thiophene rings is 1. The molecule has 0 fully saturated rings. The Morgan fingerprint density at radius 2 is 1.74 bits per heavy atom. The fourth-order valence-electron chi connectivity index (χ4n) is 2.90. The van der Waals surface area contributed by atoms with Crippen molar-refractivity contribution < 1.29 is 9.59 Å². The van der Waals surface area contributed by atoms with E-state index in [0.29, 0.717) is 16.5 Å². The minimum absolute atomic E-state index is 0.0590. The summed E-state index contributed by atoms with van der Waals surface area (Å²) >= 11 is 1.29. The van der Waals surface area contributed by atoms with Gasteiger partial charge in [-0.25, -0.2) is 0 Å². The number of primary amides is 1. The third kappa shape index (κ3) is 5.65. The normalized spacial score (nSPS) is 12.8. The van der Waals surface area contributed by atoms with Crippen LogP contribution in [0.15, 0.2) is 35.7 Å². The number of anilines is 1. The summed E-state index contributed by atoms with van der Waals surface area (Å²) in [7, 11) is 0. The lowest BCUT2D eigenvalue weighted by molar-refractivity contribution is -0.115. The van der Waals surface area contributed by atoms with Crippen molar-refractivity contribution in [2.24, 2.45) is 11.7 Å². The summed E-state index contributed by atoms with van der Waals surface area (Å²) < 4.78 is 0. The van der Waals surface area contributed by atoms with Crippen LogP contribution in [0.4, 0.5) is 5.00 Å². The average Bonchev–Trinajstić information content (AvgIpc) is 3.02. The molecule has 0 aliphatic rings. The molecule has 0 saturated carbocycles. The van der Waals surface area contributed by atoms with E-state index in [1.54, 1.807) is 11.4 Å². The van der Waals surface area contributed by atoms with E-state index in [2.05, 4.69) is 69.5 Å². The lowest BCUT2D eigenvalue weighted by Crippen LogP contribution is -2.34. The molecule has 146 valence electrons. The van der Waals surface area contributed by atoms with E-state index in [1.807, 2.05) is 0 Å². The number of rotatable bonds is 7. The van der Waals surface area contributed by atoms with Crippen LogP contribution in [0.25, 0.3) is 0 Å². The number of nitrogens with one attached hydrogen (secondary N) is 2. The maximum Gasteiger partial charge on any atom is 0.251 e. The van der Waals surface area contributed by atoms with Gasteiger partial charge in [0, 0.05) is 6.04 Å². The van der Waals surface area contributed by atoms with Crippen LogP contribution in [-0.4, -0.2) is 18.4 Å². The van der Waals surface area contributed by atoms with Gasteiger partial charge in [-0.2, -0.15) is 0 Å². The predicted molar refractivity (Wildman–Crippen MR) is 112 cm³/mol. The molecular formula is C21H29N3O2S. The Hall–Kier alpha value is -2.18. The molecule has 0 bridgehead atoms. The first-order valence-corrected chi connectivity index (χ1v) is 9.98. The zero-order chi connectivity index (χ0) is 20.2. The highest BCUT2D eigenvalue weighted by molar-refractivity contribution is 7.14. The minimum atomic E-state index is -0.543. The van der Waals surface area contributed by atoms with Crippen molar-refractivity contribution >= 4 is 28.2 Å². The van der Waals surface area contributed by atoms with Crippen LogP contribution >= 0.6 is 11.3 Å². The largest absolute Gasteiger partial charge is 0.366 e. The highest BCUT2D eigenvalue weighted by Crippen LogP contribution is 2.27. The molecule has 1 heterocycles. The van der Waals surface area contributed by atoms with Gasteiger partial charge >= 0.3 is 0 Å². The monoisotopic (exact) mass is 387 g/mol. The van der Waals surface area contributed by atoms with Gasteiger partial charge in [0.05, 0.1) is 12.1 Å². The van der Waals surface area contributed by atoms with E-state index in [1.165, 1.54) is 16.9 Å². The van der Waals surface area contributed by atoms with Crippen molar-refractivity contribution in [2.75, 3.05) is 11.9 Å². The second kappa shape index (κ2) is 8.67. The number of amides is 2. The first kappa shape index (κ1) is 21.1. The first-order valence-electron chi connectivity index (χ1n) is 9.10. The summed E-state index contributed by atoms with van der Waals surface area (Å²) in [6.07, 6.45) is 0. The maximum absolute atomic E-state index is 12.3. The predicted octanol–water partition coefficient (Wildman–Crippen LogP) is 4.07. The molecule has 0 aliphatic heterocycles. The molecule has 27 heavy (non-hydrogen) atoms. The van der Waals surface area contributed by atoms with E-state index in [0.717, 1.165) is 5.56 Å². The molecule has 5 nitrogen and oxygen atoms in total. The smallest absolute Gasteiger partial charge is 0.251 e. The van der Waals surface area contributed by atoms with Gasteiger partial charge in [-0.1, -0.05) is 58.9 Å². The number of carbonyl (C=O) groups excluding carboxylic acids is 2. The van der Waals surface area contributed by atoms with Crippen LogP contribution in [0.2, 0.25) is 0 Å². The molecule has 1 atom stereocenters. The van der Waals surface area contributed by atoms with Crippen molar-refractivity contribution in [2.45, 2.75) is 46.1 Å². The lowest BCUT2D eigenvalue weighted by Gasteiger charge is -2.25. The van der Waals surface area contributed by atoms with E-state index in [-0.39, 0.29) is 23.9 Å². The number of nitrogens with two attached hydrogens (primary N) is 1. The molecule has 0 radical (unpaired) electrons. The van der Waals surface area contributed by atoms with E-state index in [4.69, 9.17) is 5.73 Å². The third-order valence-corrected chi connectivity index (χ3v) is 5.30. The zero-order valence-corrected chi connectivity index (χ0v) is 17.4. The van der Waals surface area contributed by atoms with Crippen LogP contribution in [0.5, 0.6) is 0 Å². The van der Waals surface area contributed by atoms with Crippen molar-refractivity contribution in [3.63, 3.8) is 0 Å². The van der Waals surface area contributed by atoms with Crippen molar-refractivity contribution in [3.8, 4) is 0 Å². The van der Waals surface area contributed by atoms with Crippen molar-refractivity contribution in [1.29, 1.82) is 0 Å². The second-order valence-corrected chi connectivity index (χ2v) is 8.97. The Morgan fingerprint density at radius 1 is 1.11 bits per heavy atom. The average molecular weight is 388 g/mol. The van der Waals surface area contributed by atoms with E-state index in [9.17, 15) is 9.59 Å². The van der Waals surface area contributed by atoms with Gasteiger partial charge in [-0.05, 0) is 33.9 Å². The summed E-state index contributed by atoms with van der Waals surface area (Å²) in [6.45, 7) is 11.0. The Kier molecular flexibility index (Phi) is 6.78. The summed E-state index contributed by atoms with van der Waals surface area (Å²) in [5, 5.41) is 8.32. The summed E-state index contributed by atoms with van der Waals surface area (Å²) in [5.41, 5.74) is 8.20. The fourth-order valence-corrected chi connectivity index (χ4v) is 3.71. The number of hydrogen-bond donors (Lipinski definition) is 3. The van der Waals surface area contributed by atoms with Crippen LogP contribution in [-0.2, 0) is 10.2 Å². The highest BCUT2D eigenvalue weighted by Gasteiger charge is 2.19. The van der Waals surface area contributed by atoms with Crippen LogP contribution in [0.3, 0.4) is 0 Å². The van der Waals surface area contributed by atoms with Gasteiger partial charge in [0.2, 0.25) is 5.91 Å². The Labute approximate surface area is 165 Å². The first-order chi connectivity index (χ1) is 12.6. The lowest BCUT2D eigenvalue weighted by atomic mass is 9.85. The zero-order valence-electron chi connectivity index (χ0n) is 16.6. The molecule has 0 saturated heterocycles. The van der Waals surface area contributed by atoms with Crippen molar-refractivity contribution in [1.82, 2.24) is 5.32 Å². The van der Waals surface area contributed by atoms with E-state index >= 15 is 0 Å². The molecule has 6 heteroatoms. The maximum atomic E-state index is 12.3. The summed E-state index contributed by atoms with van der Waals surface area (Å²) in [6, 6.07) is 10.2. The van der Waals surface area contributed by atoms with Crippen LogP contribution in [0, 0.1) is 5.92 Å². The van der Waals surface area contributed by atoms with E-state index < -0.39 is 5.91 Å². The quantitative estimate of drug-likeness (QED) is 0.669. The van der Waals surface area contributed by atoms with Crippen LogP contribution in [0.1, 0.15) is 62.1 Å². The van der Waals surface area contributed by atoms with Gasteiger partial charge in [-0.3, -0.25) is 9.59 Å². The molecule has 2 rings (SSSR count). The molecular weight excluding hydrogens is 358 g/mol. The Morgan fingerprint density at radius 3 is 2.26 bits per heavy atom. The standard InChI is InChI=1S/C21H29N3O2S/c1-13(2)18(14-6-8-15(9-7-14)21(3,4)5)23-12-17(25)24-20-16(19(22)26)10-11-27-20/h6-11,13,18,23H,12H2,1-5H3,(H2,22,26)(H,24,25)/t18-/m0/s1. The molecule has 2 aromatic rings. The molecule has 0 spiro atoms. The molecule has 4 N–H and O–H groups in total. The molecule has 1 aromatic carbocycles. The van der Waals surface area contributed by atoms with Gasteiger partial charge in [0.1, 0.15) is 5.00 Å². The topological polar surface area (TPSA) is 84.2 Å². The van der Waals surface area contributed by atoms with Crippen molar-refractivity contribution in [3.05, 3.63) is 52.4 Å². The SMILES string of the molecule is CC(C)[C@H](NCC(=O)Nc1sccc1C(N)=O)c1ccc(C(C)(C)C)cc1. The van der Waals surface area contributed by atoms with Crippen LogP contribution < -0.4 is 16.4 Å². The number of carbonyl (C=O) groups is 2. The number of hydrogen-bond acceptors (Lipinski definition) is 4. The van der Waals surface area contributed by atoms with Gasteiger partial charge < -0.3 is 16.4 Å². The Balaban J connectivity index is 2.03. The van der Waals surface area contributed by atoms with Gasteiger partial charge in [0.25, 0.3) is 5.91 Å². The summed E-state index contributed by atoms with van der Waals surface area (Å²) in [4.78, 5) is 23.7. The van der Waals surface area contributed by atoms with Gasteiger partial charge in [0.15, 0.2) is 0 Å². The fraction of sp³-hybridized carbons (Fsp3) is 0.429. The Bertz CT molecular complexity index is 789. The second-order valence-electron chi connectivity index (χ2n) is 8.05. The third-order valence-electron chi connectivity index (χ3n) is 4.47.